The van der Waals surface area contributed by atoms with Crippen molar-refractivity contribution < 1.29 is 9.59 Å². The van der Waals surface area contributed by atoms with Crippen LogP contribution in [-0.2, 0) is 9.59 Å². The largest absolute Gasteiger partial charge is 0.323 e. The Labute approximate surface area is 127 Å². The van der Waals surface area contributed by atoms with Gasteiger partial charge in [0.15, 0.2) is 0 Å². The standard InChI is InChI=1S/C16H14N2O2S/c19-15-10-18(14-9-5-4-8-13(14)17-15)16(20)11-21-12-6-2-1-3-7-12/h1-9H,10-11H2,(H,17,19). The first-order chi connectivity index (χ1) is 10.2. The van der Waals surface area contributed by atoms with Crippen molar-refractivity contribution in [3.05, 3.63) is 54.6 Å². The van der Waals surface area contributed by atoms with Crippen LogP contribution in [0.15, 0.2) is 59.5 Å². The summed E-state index contributed by atoms with van der Waals surface area (Å²) in [6, 6.07) is 17.1. The van der Waals surface area contributed by atoms with Gasteiger partial charge in [0.25, 0.3) is 0 Å². The van der Waals surface area contributed by atoms with E-state index in [2.05, 4.69) is 5.32 Å². The normalized spacial score (nSPS) is 13.5. The van der Waals surface area contributed by atoms with Crippen molar-refractivity contribution in [1.82, 2.24) is 0 Å². The van der Waals surface area contributed by atoms with Crippen LogP contribution in [0.1, 0.15) is 0 Å². The molecular formula is C16H14N2O2S. The van der Waals surface area contributed by atoms with E-state index in [9.17, 15) is 9.59 Å². The molecule has 1 aliphatic heterocycles. The Balaban J connectivity index is 1.74. The first kappa shape index (κ1) is 13.7. The minimum Gasteiger partial charge on any atom is -0.323 e. The van der Waals surface area contributed by atoms with E-state index < -0.39 is 0 Å². The summed E-state index contributed by atoms with van der Waals surface area (Å²) in [6.07, 6.45) is 0. The molecular weight excluding hydrogens is 284 g/mol. The van der Waals surface area contributed by atoms with E-state index in [4.69, 9.17) is 0 Å². The first-order valence-electron chi connectivity index (χ1n) is 6.61. The average Bonchev–Trinajstić information content (AvgIpc) is 2.52. The summed E-state index contributed by atoms with van der Waals surface area (Å²) in [6.45, 7) is 0.0746. The van der Waals surface area contributed by atoms with E-state index in [-0.39, 0.29) is 18.4 Å². The van der Waals surface area contributed by atoms with E-state index in [1.54, 1.807) is 11.0 Å². The number of benzene rings is 2. The molecule has 1 N–H and O–H groups in total. The van der Waals surface area contributed by atoms with E-state index in [1.807, 2.05) is 48.5 Å². The maximum atomic E-state index is 12.4. The third-order valence-electron chi connectivity index (χ3n) is 3.18. The molecule has 106 valence electrons. The van der Waals surface area contributed by atoms with Crippen LogP contribution in [0.5, 0.6) is 0 Å². The molecule has 3 rings (SSSR count). The molecule has 0 radical (unpaired) electrons. The fourth-order valence-electron chi connectivity index (χ4n) is 2.20. The van der Waals surface area contributed by atoms with Crippen molar-refractivity contribution in [3.63, 3.8) is 0 Å². The Morgan fingerprint density at radius 1 is 1.10 bits per heavy atom. The fourth-order valence-corrected chi connectivity index (χ4v) is 2.99. The highest BCUT2D eigenvalue weighted by Gasteiger charge is 2.26. The van der Waals surface area contributed by atoms with Gasteiger partial charge in [-0.2, -0.15) is 0 Å². The molecule has 21 heavy (non-hydrogen) atoms. The van der Waals surface area contributed by atoms with Crippen molar-refractivity contribution >= 4 is 35.0 Å². The number of carbonyl (C=O) groups excluding carboxylic acids is 2. The molecule has 0 unspecified atom stereocenters. The Kier molecular flexibility index (Phi) is 3.92. The van der Waals surface area contributed by atoms with Gasteiger partial charge in [-0.1, -0.05) is 30.3 Å². The maximum absolute atomic E-state index is 12.4. The van der Waals surface area contributed by atoms with Crippen LogP contribution in [0.2, 0.25) is 0 Å². The second-order valence-corrected chi connectivity index (χ2v) is 5.70. The van der Waals surface area contributed by atoms with Gasteiger partial charge in [0, 0.05) is 4.90 Å². The summed E-state index contributed by atoms with van der Waals surface area (Å²) in [5, 5.41) is 2.78. The van der Waals surface area contributed by atoms with Gasteiger partial charge >= 0.3 is 0 Å². The van der Waals surface area contributed by atoms with E-state index in [0.717, 1.165) is 10.6 Å². The predicted octanol–water partition coefficient (Wildman–Crippen LogP) is 2.76. The molecule has 2 aromatic carbocycles. The van der Waals surface area contributed by atoms with Gasteiger partial charge in [0.05, 0.1) is 17.1 Å². The lowest BCUT2D eigenvalue weighted by Gasteiger charge is -2.29. The van der Waals surface area contributed by atoms with Gasteiger partial charge in [-0.3, -0.25) is 9.59 Å². The predicted molar refractivity (Wildman–Crippen MR) is 84.6 cm³/mol. The Morgan fingerprint density at radius 3 is 2.62 bits per heavy atom. The van der Waals surface area contributed by atoms with E-state index in [0.29, 0.717) is 11.4 Å². The van der Waals surface area contributed by atoms with Gasteiger partial charge in [-0.15, -0.1) is 11.8 Å². The quantitative estimate of drug-likeness (QED) is 0.886. The topological polar surface area (TPSA) is 49.4 Å². The van der Waals surface area contributed by atoms with Crippen LogP contribution in [0.25, 0.3) is 0 Å². The summed E-state index contributed by atoms with van der Waals surface area (Å²) >= 11 is 1.48. The van der Waals surface area contributed by atoms with Gasteiger partial charge < -0.3 is 10.2 Å². The molecule has 0 atom stereocenters. The van der Waals surface area contributed by atoms with Gasteiger partial charge in [0.1, 0.15) is 6.54 Å². The molecule has 2 amide bonds. The van der Waals surface area contributed by atoms with Crippen LogP contribution in [0.3, 0.4) is 0 Å². The zero-order valence-corrected chi connectivity index (χ0v) is 12.1. The van der Waals surface area contributed by atoms with Crippen molar-refractivity contribution in [3.8, 4) is 0 Å². The van der Waals surface area contributed by atoms with Crippen molar-refractivity contribution in [2.24, 2.45) is 0 Å². The van der Waals surface area contributed by atoms with Crippen molar-refractivity contribution in [2.75, 3.05) is 22.5 Å². The van der Waals surface area contributed by atoms with E-state index in [1.165, 1.54) is 11.8 Å². The maximum Gasteiger partial charge on any atom is 0.244 e. The van der Waals surface area contributed by atoms with Crippen LogP contribution in [0, 0.1) is 0 Å². The summed E-state index contributed by atoms with van der Waals surface area (Å²) in [4.78, 5) is 26.7. The number of carbonyl (C=O) groups is 2. The summed E-state index contributed by atoms with van der Waals surface area (Å²) in [7, 11) is 0. The molecule has 2 aromatic rings. The highest BCUT2D eigenvalue weighted by atomic mass is 32.2. The molecule has 0 fully saturated rings. The monoisotopic (exact) mass is 298 g/mol. The van der Waals surface area contributed by atoms with Crippen LogP contribution >= 0.6 is 11.8 Å². The Bertz CT molecular complexity index is 673. The van der Waals surface area contributed by atoms with Crippen molar-refractivity contribution in [1.29, 1.82) is 0 Å². The zero-order chi connectivity index (χ0) is 14.7. The number of fused-ring (bicyclic) bond motifs is 1. The summed E-state index contributed by atoms with van der Waals surface area (Å²) in [5.41, 5.74) is 1.45. The molecule has 0 bridgehead atoms. The number of amides is 2. The molecule has 5 heteroatoms. The third-order valence-corrected chi connectivity index (χ3v) is 4.17. The zero-order valence-electron chi connectivity index (χ0n) is 11.3. The number of hydrogen-bond acceptors (Lipinski definition) is 3. The Hall–Kier alpha value is -2.27. The highest BCUT2D eigenvalue weighted by molar-refractivity contribution is 8.00. The summed E-state index contributed by atoms with van der Waals surface area (Å²) < 4.78 is 0. The number of rotatable bonds is 3. The molecule has 1 aliphatic rings. The fraction of sp³-hybridized carbons (Fsp3) is 0.125. The van der Waals surface area contributed by atoms with Gasteiger partial charge in [-0.05, 0) is 24.3 Å². The number of hydrogen-bond donors (Lipinski definition) is 1. The number of nitrogens with zero attached hydrogens (tertiary/aromatic N) is 1. The SMILES string of the molecule is O=C1CN(C(=O)CSc2ccccc2)c2ccccc2N1. The second-order valence-electron chi connectivity index (χ2n) is 4.65. The van der Waals surface area contributed by atoms with E-state index >= 15 is 0 Å². The van der Waals surface area contributed by atoms with Crippen LogP contribution in [-0.4, -0.2) is 24.1 Å². The van der Waals surface area contributed by atoms with Gasteiger partial charge in [0.2, 0.25) is 11.8 Å². The van der Waals surface area contributed by atoms with Crippen LogP contribution in [0.4, 0.5) is 11.4 Å². The van der Waals surface area contributed by atoms with Crippen molar-refractivity contribution in [2.45, 2.75) is 4.90 Å². The highest BCUT2D eigenvalue weighted by Crippen LogP contribution is 2.29. The summed E-state index contributed by atoms with van der Waals surface area (Å²) in [5.74, 6) is 0.0870. The number of thioether (sulfide) groups is 1. The second kappa shape index (κ2) is 6.01. The minimum absolute atomic E-state index is 0.0637. The molecule has 0 spiro atoms. The Morgan fingerprint density at radius 2 is 1.81 bits per heavy atom. The molecule has 0 aromatic heterocycles. The smallest absolute Gasteiger partial charge is 0.244 e. The average molecular weight is 298 g/mol. The lowest BCUT2D eigenvalue weighted by molar-refractivity contribution is -0.120. The molecule has 1 heterocycles. The lowest BCUT2D eigenvalue weighted by Crippen LogP contribution is -2.43. The van der Waals surface area contributed by atoms with Gasteiger partial charge in [-0.25, -0.2) is 0 Å². The third kappa shape index (κ3) is 3.08. The molecule has 0 saturated carbocycles. The molecule has 0 aliphatic carbocycles. The number of nitrogens with one attached hydrogen (secondary N) is 1. The number of anilines is 2. The van der Waals surface area contributed by atoms with Crippen LogP contribution < -0.4 is 10.2 Å². The number of para-hydroxylation sites is 2. The minimum atomic E-state index is -0.160. The lowest BCUT2D eigenvalue weighted by atomic mass is 10.2. The molecule has 0 saturated heterocycles. The first-order valence-corrected chi connectivity index (χ1v) is 7.60. The molecule has 4 nitrogen and oxygen atoms in total.